The van der Waals surface area contributed by atoms with Crippen LogP contribution in [-0.2, 0) is 22.6 Å². The van der Waals surface area contributed by atoms with Gasteiger partial charge in [0.25, 0.3) is 0 Å². The van der Waals surface area contributed by atoms with Crippen LogP contribution in [0.2, 0.25) is 0 Å². The lowest BCUT2D eigenvalue weighted by Gasteiger charge is -2.31. The van der Waals surface area contributed by atoms with Crippen molar-refractivity contribution in [1.29, 1.82) is 0 Å². The molecule has 0 saturated carbocycles. The third-order valence-corrected chi connectivity index (χ3v) is 4.97. The van der Waals surface area contributed by atoms with Crippen molar-refractivity contribution < 1.29 is 14.3 Å². The minimum atomic E-state index is -0.520. The highest BCUT2D eigenvalue weighted by atomic mass is 16.5. The largest absolute Gasteiger partial charge is 0.497 e. The molecule has 1 atom stereocenters. The number of aryl methyl sites for hydroxylation is 2. The number of carbonyl (C=O) groups is 2. The summed E-state index contributed by atoms with van der Waals surface area (Å²) in [5.74, 6) is 0.591. The fraction of sp³-hybridized carbons (Fsp3) is 0.440. The number of benzene rings is 2. The Labute approximate surface area is 180 Å². The molecule has 0 aliphatic rings. The summed E-state index contributed by atoms with van der Waals surface area (Å²) >= 11 is 0. The molecular weight excluding hydrogens is 376 g/mol. The minimum Gasteiger partial charge on any atom is -0.497 e. The van der Waals surface area contributed by atoms with Crippen LogP contribution in [0.3, 0.4) is 0 Å². The molecule has 0 saturated heterocycles. The average Bonchev–Trinajstić information content (AvgIpc) is 2.66. The number of nitrogens with zero attached hydrogens (tertiary/aromatic N) is 1. The van der Waals surface area contributed by atoms with E-state index in [-0.39, 0.29) is 24.3 Å². The molecule has 162 valence electrons. The van der Waals surface area contributed by atoms with Gasteiger partial charge in [0.1, 0.15) is 11.8 Å². The molecule has 1 N–H and O–H groups in total. The highest BCUT2D eigenvalue weighted by Crippen LogP contribution is 2.18. The van der Waals surface area contributed by atoms with Gasteiger partial charge in [-0.15, -0.1) is 0 Å². The lowest BCUT2D eigenvalue weighted by Crippen LogP contribution is -2.50. The van der Waals surface area contributed by atoms with Crippen molar-refractivity contribution in [2.24, 2.45) is 0 Å². The molecule has 0 heterocycles. The van der Waals surface area contributed by atoms with Gasteiger partial charge >= 0.3 is 0 Å². The van der Waals surface area contributed by atoms with E-state index in [0.29, 0.717) is 13.0 Å². The first kappa shape index (κ1) is 23.5. The summed E-state index contributed by atoms with van der Waals surface area (Å²) in [6.07, 6.45) is 0.817. The van der Waals surface area contributed by atoms with E-state index in [0.717, 1.165) is 28.0 Å². The van der Waals surface area contributed by atoms with Gasteiger partial charge in [-0.2, -0.15) is 0 Å². The summed E-state index contributed by atoms with van der Waals surface area (Å²) in [6, 6.07) is 13.3. The van der Waals surface area contributed by atoms with Crippen molar-refractivity contribution in [2.75, 3.05) is 7.11 Å². The Bertz CT molecular complexity index is 839. The Morgan fingerprint density at radius 1 is 1.00 bits per heavy atom. The van der Waals surface area contributed by atoms with Gasteiger partial charge in [-0.25, -0.2) is 0 Å². The lowest BCUT2D eigenvalue weighted by atomic mass is 10.0. The normalized spacial score (nSPS) is 11.8. The zero-order chi connectivity index (χ0) is 22.3. The molecule has 0 bridgehead atoms. The van der Waals surface area contributed by atoms with Crippen LogP contribution in [0.5, 0.6) is 5.75 Å². The van der Waals surface area contributed by atoms with Crippen LogP contribution in [-0.4, -0.2) is 35.9 Å². The monoisotopic (exact) mass is 410 g/mol. The van der Waals surface area contributed by atoms with E-state index in [4.69, 9.17) is 4.74 Å². The summed E-state index contributed by atoms with van der Waals surface area (Å²) in [4.78, 5) is 27.9. The molecule has 5 heteroatoms. The molecule has 0 aromatic heterocycles. The fourth-order valence-electron chi connectivity index (χ4n) is 3.68. The van der Waals surface area contributed by atoms with E-state index in [1.807, 2.05) is 71.0 Å². The third-order valence-electron chi connectivity index (χ3n) is 4.97. The number of carbonyl (C=O) groups excluding carboxylic acids is 2. The van der Waals surface area contributed by atoms with E-state index in [1.54, 1.807) is 12.0 Å². The van der Waals surface area contributed by atoms with Crippen LogP contribution < -0.4 is 10.1 Å². The van der Waals surface area contributed by atoms with Crippen LogP contribution >= 0.6 is 0 Å². The predicted octanol–water partition coefficient (Wildman–Crippen LogP) is 4.19. The van der Waals surface area contributed by atoms with Crippen molar-refractivity contribution in [3.05, 3.63) is 64.7 Å². The molecule has 0 fully saturated rings. The molecule has 2 aromatic rings. The van der Waals surface area contributed by atoms with Crippen molar-refractivity contribution in [1.82, 2.24) is 10.2 Å². The number of ether oxygens (including phenoxy) is 1. The first-order valence-corrected chi connectivity index (χ1v) is 10.5. The lowest BCUT2D eigenvalue weighted by molar-refractivity contribution is -0.141. The number of hydrogen-bond acceptors (Lipinski definition) is 3. The van der Waals surface area contributed by atoms with Crippen molar-refractivity contribution in [3.63, 3.8) is 0 Å². The predicted molar refractivity (Wildman–Crippen MR) is 121 cm³/mol. The Morgan fingerprint density at radius 3 is 2.10 bits per heavy atom. The minimum absolute atomic E-state index is 0.0175. The summed E-state index contributed by atoms with van der Waals surface area (Å²) in [6.45, 7) is 10.2. The van der Waals surface area contributed by atoms with Crippen molar-refractivity contribution in [3.8, 4) is 5.75 Å². The molecule has 0 spiro atoms. The molecule has 2 rings (SSSR count). The van der Waals surface area contributed by atoms with Crippen LogP contribution in [0.4, 0.5) is 0 Å². The standard InChI is InChI=1S/C25H34N2O3/c1-7-23(25(29)26-17(2)3)27(16-20-8-10-22(30-6)11-9-20)24(28)15-21-13-18(4)12-19(5)14-21/h8-14,17,23H,7,15-16H2,1-6H3,(H,26,29)/t23-/m1/s1. The maximum atomic E-state index is 13.4. The first-order chi connectivity index (χ1) is 14.2. The highest BCUT2D eigenvalue weighted by Gasteiger charge is 2.29. The van der Waals surface area contributed by atoms with Gasteiger partial charge in [0.15, 0.2) is 0 Å². The molecule has 2 amide bonds. The van der Waals surface area contributed by atoms with E-state index in [9.17, 15) is 9.59 Å². The van der Waals surface area contributed by atoms with Crippen molar-refractivity contribution in [2.45, 2.75) is 66.1 Å². The molecule has 0 aliphatic carbocycles. The van der Waals surface area contributed by atoms with Gasteiger partial charge < -0.3 is 15.0 Å². The number of hydrogen-bond donors (Lipinski definition) is 1. The zero-order valence-corrected chi connectivity index (χ0v) is 19.0. The fourth-order valence-corrected chi connectivity index (χ4v) is 3.68. The molecule has 0 unspecified atom stereocenters. The van der Waals surface area contributed by atoms with E-state index in [1.165, 1.54) is 0 Å². The third kappa shape index (κ3) is 6.61. The highest BCUT2D eigenvalue weighted by molar-refractivity contribution is 5.88. The quantitative estimate of drug-likeness (QED) is 0.674. The van der Waals surface area contributed by atoms with E-state index < -0.39 is 6.04 Å². The van der Waals surface area contributed by atoms with Crippen molar-refractivity contribution >= 4 is 11.8 Å². The molecular formula is C25H34N2O3. The summed E-state index contributed by atoms with van der Waals surface area (Å²) in [5.41, 5.74) is 4.19. The Morgan fingerprint density at radius 2 is 1.60 bits per heavy atom. The van der Waals surface area contributed by atoms with Gasteiger partial charge in [0.05, 0.1) is 13.5 Å². The molecule has 30 heavy (non-hydrogen) atoms. The summed E-state index contributed by atoms with van der Waals surface area (Å²) < 4.78 is 5.23. The Kier molecular flexibility index (Phi) is 8.46. The van der Waals surface area contributed by atoms with Gasteiger partial charge in [-0.05, 0) is 57.4 Å². The van der Waals surface area contributed by atoms with Gasteiger partial charge in [-0.1, -0.05) is 48.4 Å². The second-order valence-corrected chi connectivity index (χ2v) is 8.13. The second kappa shape index (κ2) is 10.8. The second-order valence-electron chi connectivity index (χ2n) is 8.13. The maximum absolute atomic E-state index is 13.4. The molecule has 2 aromatic carbocycles. The summed E-state index contributed by atoms with van der Waals surface area (Å²) in [7, 11) is 1.62. The Balaban J connectivity index is 2.31. The number of nitrogens with one attached hydrogen (secondary N) is 1. The zero-order valence-electron chi connectivity index (χ0n) is 19.0. The van der Waals surface area contributed by atoms with E-state index in [2.05, 4.69) is 11.4 Å². The average molecular weight is 411 g/mol. The van der Waals surface area contributed by atoms with Crippen LogP contribution in [0.15, 0.2) is 42.5 Å². The number of amides is 2. The van der Waals surface area contributed by atoms with Gasteiger partial charge in [0.2, 0.25) is 11.8 Å². The van der Waals surface area contributed by atoms with Gasteiger partial charge in [-0.3, -0.25) is 9.59 Å². The summed E-state index contributed by atoms with van der Waals surface area (Å²) in [5, 5.41) is 2.96. The van der Waals surface area contributed by atoms with Crippen LogP contribution in [0, 0.1) is 13.8 Å². The SMILES string of the molecule is CC[C@H](C(=O)NC(C)C)N(Cc1ccc(OC)cc1)C(=O)Cc1cc(C)cc(C)c1. The topological polar surface area (TPSA) is 58.6 Å². The number of rotatable bonds is 9. The van der Waals surface area contributed by atoms with Gasteiger partial charge in [0, 0.05) is 12.6 Å². The first-order valence-electron chi connectivity index (χ1n) is 10.5. The molecule has 0 radical (unpaired) electrons. The maximum Gasteiger partial charge on any atom is 0.243 e. The smallest absolute Gasteiger partial charge is 0.243 e. The van der Waals surface area contributed by atoms with Crippen LogP contribution in [0.1, 0.15) is 49.4 Å². The van der Waals surface area contributed by atoms with E-state index >= 15 is 0 Å². The molecule has 5 nitrogen and oxygen atoms in total. The number of methoxy groups -OCH3 is 1. The molecule has 0 aliphatic heterocycles. The Hall–Kier alpha value is -2.82. The van der Waals surface area contributed by atoms with Crippen LogP contribution in [0.25, 0.3) is 0 Å².